The van der Waals surface area contributed by atoms with Gasteiger partial charge in [0.25, 0.3) is 0 Å². The highest BCUT2D eigenvalue weighted by molar-refractivity contribution is 5.51. The van der Waals surface area contributed by atoms with Crippen LogP contribution in [0, 0.1) is 0 Å². The molecule has 0 saturated carbocycles. The summed E-state index contributed by atoms with van der Waals surface area (Å²) in [5.41, 5.74) is 6.23. The van der Waals surface area contributed by atoms with Gasteiger partial charge in [-0.05, 0) is 120 Å². The van der Waals surface area contributed by atoms with E-state index in [1.54, 1.807) is 0 Å². The van der Waals surface area contributed by atoms with E-state index in [1.165, 1.54) is 30.4 Å². The Morgan fingerprint density at radius 3 is 0.915 bits per heavy atom. The van der Waals surface area contributed by atoms with Gasteiger partial charge in [-0.15, -0.1) is 0 Å². The molecule has 2 aromatic rings. The SMILES string of the molecule is CC(C)(C)c1cc(CNCCCNCCCCCNCCCNCc2cc(C(C)(C)C)c(O)c(C(C)(C)C)c2)cc(C(C)(C)C)c1O. The van der Waals surface area contributed by atoms with E-state index < -0.39 is 0 Å². The molecular weight excluding hydrogens is 580 g/mol. The largest absolute Gasteiger partial charge is 0.507 e. The van der Waals surface area contributed by atoms with Crippen molar-refractivity contribution in [1.82, 2.24) is 21.3 Å². The van der Waals surface area contributed by atoms with Crippen LogP contribution < -0.4 is 21.3 Å². The molecule has 0 atom stereocenters. The van der Waals surface area contributed by atoms with Crippen molar-refractivity contribution in [2.24, 2.45) is 0 Å². The molecule has 0 radical (unpaired) electrons. The lowest BCUT2D eigenvalue weighted by Crippen LogP contribution is -2.24. The number of aromatic hydroxyl groups is 2. The lowest BCUT2D eigenvalue weighted by atomic mass is 9.78. The molecule has 0 saturated heterocycles. The third-order valence-electron chi connectivity index (χ3n) is 8.85. The molecule has 6 N–H and O–H groups in total. The molecule has 0 fully saturated rings. The van der Waals surface area contributed by atoms with Crippen LogP contribution in [0.25, 0.3) is 0 Å². The molecule has 6 heteroatoms. The van der Waals surface area contributed by atoms with Crippen LogP contribution >= 0.6 is 0 Å². The lowest BCUT2D eigenvalue weighted by molar-refractivity contribution is 0.421. The molecular formula is C41H72N4O2. The summed E-state index contributed by atoms with van der Waals surface area (Å²) >= 11 is 0. The zero-order valence-electron chi connectivity index (χ0n) is 32.4. The Kier molecular flexibility index (Phi) is 15.8. The summed E-state index contributed by atoms with van der Waals surface area (Å²) in [5, 5.41) is 36.3. The Labute approximate surface area is 289 Å². The van der Waals surface area contributed by atoms with E-state index in [1.807, 2.05) is 0 Å². The fraction of sp³-hybridized carbons (Fsp3) is 0.707. The van der Waals surface area contributed by atoms with Crippen LogP contribution in [0.3, 0.4) is 0 Å². The number of hydrogen-bond acceptors (Lipinski definition) is 6. The summed E-state index contributed by atoms with van der Waals surface area (Å²) in [5.74, 6) is 0.905. The Balaban J connectivity index is 1.53. The lowest BCUT2D eigenvalue weighted by Gasteiger charge is -2.28. The molecule has 0 amide bonds. The van der Waals surface area contributed by atoms with Gasteiger partial charge in [0.05, 0.1) is 0 Å². The van der Waals surface area contributed by atoms with Crippen LogP contribution in [0.1, 0.15) is 149 Å². The molecule has 0 aliphatic rings. The van der Waals surface area contributed by atoms with Crippen molar-refractivity contribution >= 4 is 0 Å². The van der Waals surface area contributed by atoms with Crippen LogP contribution in [0.2, 0.25) is 0 Å². The maximum Gasteiger partial charge on any atom is 0.123 e. The van der Waals surface area contributed by atoms with Gasteiger partial charge >= 0.3 is 0 Å². The first-order valence-corrected chi connectivity index (χ1v) is 18.3. The summed E-state index contributed by atoms with van der Waals surface area (Å²) in [4.78, 5) is 0. The van der Waals surface area contributed by atoms with Gasteiger partial charge in [-0.3, -0.25) is 0 Å². The molecule has 6 nitrogen and oxygen atoms in total. The molecule has 0 aliphatic carbocycles. The number of rotatable bonds is 18. The fourth-order valence-corrected chi connectivity index (χ4v) is 5.95. The highest BCUT2D eigenvalue weighted by atomic mass is 16.3. The van der Waals surface area contributed by atoms with Gasteiger partial charge in [0.15, 0.2) is 0 Å². The Morgan fingerprint density at radius 2 is 0.638 bits per heavy atom. The van der Waals surface area contributed by atoms with Crippen molar-refractivity contribution in [3.8, 4) is 11.5 Å². The van der Waals surface area contributed by atoms with E-state index in [0.29, 0.717) is 11.5 Å². The predicted molar refractivity (Wildman–Crippen MR) is 203 cm³/mol. The number of benzene rings is 2. The molecule has 47 heavy (non-hydrogen) atoms. The van der Waals surface area contributed by atoms with Crippen LogP contribution in [-0.4, -0.2) is 49.5 Å². The molecule has 0 unspecified atom stereocenters. The second kappa shape index (κ2) is 18.0. The quantitative estimate of drug-likeness (QED) is 0.0909. The van der Waals surface area contributed by atoms with E-state index in [9.17, 15) is 10.2 Å². The van der Waals surface area contributed by atoms with Crippen molar-refractivity contribution in [1.29, 1.82) is 0 Å². The predicted octanol–water partition coefficient (Wildman–Crippen LogP) is 8.30. The molecule has 0 aromatic heterocycles. The maximum atomic E-state index is 10.9. The summed E-state index contributed by atoms with van der Waals surface area (Å²) in [7, 11) is 0. The van der Waals surface area contributed by atoms with Gasteiger partial charge in [-0.25, -0.2) is 0 Å². The minimum absolute atomic E-state index is 0.0951. The maximum absolute atomic E-state index is 10.9. The summed E-state index contributed by atoms with van der Waals surface area (Å²) in [6, 6.07) is 8.69. The third-order valence-corrected chi connectivity index (χ3v) is 8.85. The third kappa shape index (κ3) is 14.1. The smallest absolute Gasteiger partial charge is 0.123 e. The van der Waals surface area contributed by atoms with E-state index in [-0.39, 0.29) is 21.7 Å². The molecule has 0 aliphatic heterocycles. The Hall–Kier alpha value is -2.12. The first-order chi connectivity index (χ1) is 21.7. The highest BCUT2D eigenvalue weighted by Crippen LogP contribution is 2.41. The zero-order valence-corrected chi connectivity index (χ0v) is 32.4. The molecule has 0 bridgehead atoms. The van der Waals surface area contributed by atoms with Crippen LogP contribution in [0.4, 0.5) is 0 Å². The van der Waals surface area contributed by atoms with Gasteiger partial charge in [0.1, 0.15) is 11.5 Å². The van der Waals surface area contributed by atoms with Gasteiger partial charge in [0, 0.05) is 13.1 Å². The van der Waals surface area contributed by atoms with Crippen molar-refractivity contribution in [3.63, 3.8) is 0 Å². The topological polar surface area (TPSA) is 88.6 Å². The summed E-state index contributed by atoms with van der Waals surface area (Å²) < 4.78 is 0. The Morgan fingerprint density at radius 1 is 0.383 bits per heavy atom. The molecule has 2 rings (SSSR count). The minimum Gasteiger partial charge on any atom is -0.507 e. The molecule has 0 spiro atoms. The van der Waals surface area contributed by atoms with E-state index in [4.69, 9.17) is 0 Å². The second-order valence-electron chi connectivity index (χ2n) is 17.7. The zero-order chi connectivity index (χ0) is 35.5. The monoisotopic (exact) mass is 653 g/mol. The van der Waals surface area contributed by atoms with Crippen LogP contribution in [0.5, 0.6) is 11.5 Å². The highest BCUT2D eigenvalue weighted by Gasteiger charge is 2.27. The first kappa shape index (κ1) is 41.1. The molecule has 0 heterocycles. The van der Waals surface area contributed by atoms with Crippen molar-refractivity contribution in [2.75, 3.05) is 39.3 Å². The Bertz CT molecular complexity index is 1060. The second-order valence-corrected chi connectivity index (χ2v) is 17.7. The van der Waals surface area contributed by atoms with Crippen molar-refractivity contribution < 1.29 is 10.2 Å². The van der Waals surface area contributed by atoms with Crippen molar-refractivity contribution in [2.45, 2.75) is 150 Å². The van der Waals surface area contributed by atoms with Gasteiger partial charge < -0.3 is 31.5 Å². The van der Waals surface area contributed by atoms with Crippen LogP contribution in [0.15, 0.2) is 24.3 Å². The molecule has 2 aromatic carbocycles. The van der Waals surface area contributed by atoms with E-state index in [2.05, 4.69) is 129 Å². The fourth-order valence-electron chi connectivity index (χ4n) is 5.95. The number of phenolic OH excluding ortho intramolecular Hbond substituents is 2. The average molecular weight is 653 g/mol. The van der Waals surface area contributed by atoms with Crippen LogP contribution in [-0.2, 0) is 34.7 Å². The minimum atomic E-state index is -0.0951. The molecule has 268 valence electrons. The number of hydrogen-bond donors (Lipinski definition) is 6. The number of nitrogens with one attached hydrogen (secondary N) is 4. The first-order valence-electron chi connectivity index (χ1n) is 18.3. The summed E-state index contributed by atoms with van der Waals surface area (Å²) in [6.45, 7) is 33.8. The van der Waals surface area contributed by atoms with Gasteiger partial charge in [0.2, 0.25) is 0 Å². The standard InChI is InChI=1S/C41H72N4O2/c1-38(2,3)32-24-30(25-33(36(32)46)39(4,5)6)28-44-22-16-20-42-18-14-13-15-19-43-21-17-23-45-29-31-26-34(40(7,8)9)37(47)35(27-31)41(10,11)12/h24-27,42-47H,13-23,28-29H2,1-12H3. The van der Waals surface area contributed by atoms with E-state index in [0.717, 1.165) is 87.5 Å². The van der Waals surface area contributed by atoms with E-state index >= 15 is 0 Å². The number of unbranched alkanes of at least 4 members (excludes halogenated alkanes) is 2. The summed E-state index contributed by atoms with van der Waals surface area (Å²) in [6.07, 6.45) is 5.89. The average Bonchev–Trinajstić information content (AvgIpc) is 2.93. The van der Waals surface area contributed by atoms with Crippen molar-refractivity contribution in [3.05, 3.63) is 57.6 Å². The number of phenols is 2. The van der Waals surface area contributed by atoms with Gasteiger partial charge in [-0.2, -0.15) is 0 Å². The normalized spacial score (nSPS) is 13.0. The van der Waals surface area contributed by atoms with Gasteiger partial charge in [-0.1, -0.05) is 114 Å².